The fourth-order valence-electron chi connectivity index (χ4n) is 5.07. The molecule has 4 aromatic rings. The van der Waals surface area contributed by atoms with Crippen LogP contribution in [0.4, 0.5) is 23.7 Å². The molecule has 0 unspecified atom stereocenters. The van der Waals surface area contributed by atoms with Gasteiger partial charge in [-0.15, -0.1) is 0 Å². The van der Waals surface area contributed by atoms with E-state index < -0.39 is 11.7 Å². The lowest BCUT2D eigenvalue weighted by Crippen LogP contribution is -2.48. The summed E-state index contributed by atoms with van der Waals surface area (Å²) in [5, 5.41) is 3.04. The number of H-pyrrole nitrogens is 1. The average Bonchev–Trinajstić information content (AvgIpc) is 3.32. The van der Waals surface area contributed by atoms with E-state index in [0.29, 0.717) is 24.5 Å². The van der Waals surface area contributed by atoms with Crippen LogP contribution < -0.4 is 5.32 Å². The highest BCUT2D eigenvalue weighted by atomic mass is 19.4. The molecule has 3 aromatic carbocycles. The average molecular weight is 548 g/mol. The van der Waals surface area contributed by atoms with Gasteiger partial charge in [-0.3, -0.25) is 4.90 Å². The van der Waals surface area contributed by atoms with Crippen LogP contribution in [-0.2, 0) is 19.3 Å². The lowest BCUT2D eigenvalue weighted by Gasteiger charge is -2.38. The molecule has 1 aromatic heterocycles. The molecule has 0 aliphatic carbocycles. The molecule has 0 saturated carbocycles. The number of hydrogen-bond acceptors (Lipinski definition) is 3. The molecule has 40 heavy (non-hydrogen) atoms. The Balaban J connectivity index is 1.23. The second-order valence-electron chi connectivity index (χ2n) is 10.1. The van der Waals surface area contributed by atoms with E-state index >= 15 is 0 Å². The molecular weight excluding hydrogens is 515 g/mol. The Morgan fingerprint density at radius 1 is 0.975 bits per heavy atom. The van der Waals surface area contributed by atoms with Crippen LogP contribution in [0.25, 0.3) is 11.4 Å². The summed E-state index contributed by atoms with van der Waals surface area (Å²) in [7, 11) is 0. The molecule has 2 amide bonds. The van der Waals surface area contributed by atoms with Crippen molar-refractivity contribution in [2.45, 2.75) is 45.1 Å². The van der Waals surface area contributed by atoms with Gasteiger partial charge in [0, 0.05) is 49.2 Å². The van der Waals surface area contributed by atoms with Gasteiger partial charge in [-0.1, -0.05) is 60.7 Å². The number of para-hydroxylation sites is 1. The van der Waals surface area contributed by atoms with E-state index in [1.165, 1.54) is 12.1 Å². The number of nitrogens with zero attached hydrogens (tertiary/aromatic N) is 3. The van der Waals surface area contributed by atoms with E-state index in [0.717, 1.165) is 60.7 Å². The van der Waals surface area contributed by atoms with Crippen LogP contribution in [-0.4, -0.2) is 44.9 Å². The zero-order valence-corrected chi connectivity index (χ0v) is 22.3. The lowest BCUT2D eigenvalue weighted by molar-refractivity contribution is -0.137. The zero-order valence-electron chi connectivity index (χ0n) is 22.3. The number of benzene rings is 3. The second-order valence-corrected chi connectivity index (χ2v) is 10.1. The van der Waals surface area contributed by atoms with Crippen molar-refractivity contribution in [3.05, 3.63) is 107 Å². The van der Waals surface area contributed by atoms with Crippen LogP contribution in [0.2, 0.25) is 0 Å². The Kier molecular flexibility index (Phi) is 8.21. The van der Waals surface area contributed by atoms with Crippen LogP contribution in [0.3, 0.4) is 0 Å². The third-order valence-electron chi connectivity index (χ3n) is 7.32. The number of carbonyl (C=O) groups excluding carboxylic acids is 1. The van der Waals surface area contributed by atoms with E-state index in [1.807, 2.05) is 72.5 Å². The number of anilines is 1. The molecule has 2 heterocycles. The zero-order chi connectivity index (χ0) is 28.1. The van der Waals surface area contributed by atoms with Gasteiger partial charge in [-0.2, -0.15) is 13.2 Å². The number of halogens is 3. The standard InChI is InChI=1S/C31H32F3N5O/c1-22-28(37-29(35-22)24-12-14-25(15-13-24)31(32,33)34)21-38-18-16-27(17-19-38)39(20-23-8-4-2-5-9-23)30(40)36-26-10-6-3-7-11-26/h2-15,27H,16-21H2,1H3,(H,35,37)(H,36,40). The van der Waals surface area contributed by atoms with E-state index in [-0.39, 0.29) is 12.1 Å². The van der Waals surface area contributed by atoms with Crippen LogP contribution in [0, 0.1) is 6.92 Å². The van der Waals surface area contributed by atoms with Gasteiger partial charge in [0.05, 0.1) is 11.3 Å². The van der Waals surface area contributed by atoms with Crippen molar-refractivity contribution >= 4 is 11.7 Å². The Labute approximate surface area is 231 Å². The number of amides is 2. The quantitative estimate of drug-likeness (QED) is 0.259. The monoisotopic (exact) mass is 547 g/mol. The smallest absolute Gasteiger partial charge is 0.342 e. The largest absolute Gasteiger partial charge is 0.416 e. The number of hydrogen-bond donors (Lipinski definition) is 2. The molecule has 6 nitrogen and oxygen atoms in total. The number of likely N-dealkylation sites (tertiary alicyclic amines) is 1. The number of urea groups is 1. The molecule has 0 radical (unpaired) electrons. The molecule has 1 saturated heterocycles. The molecule has 1 fully saturated rings. The summed E-state index contributed by atoms with van der Waals surface area (Å²) in [5.74, 6) is 0.558. The molecule has 2 N–H and O–H groups in total. The van der Waals surface area contributed by atoms with Crippen molar-refractivity contribution in [2.75, 3.05) is 18.4 Å². The van der Waals surface area contributed by atoms with E-state index in [1.54, 1.807) is 0 Å². The fraction of sp³-hybridized carbons (Fsp3) is 0.290. The van der Waals surface area contributed by atoms with Crippen LogP contribution in [0.5, 0.6) is 0 Å². The van der Waals surface area contributed by atoms with Crippen molar-refractivity contribution in [3.63, 3.8) is 0 Å². The maximum Gasteiger partial charge on any atom is 0.416 e. The summed E-state index contributed by atoms with van der Waals surface area (Å²) in [4.78, 5) is 25.5. The van der Waals surface area contributed by atoms with Gasteiger partial charge in [-0.25, -0.2) is 9.78 Å². The number of rotatable bonds is 7. The highest BCUT2D eigenvalue weighted by Crippen LogP contribution is 2.31. The Morgan fingerprint density at radius 3 is 2.23 bits per heavy atom. The minimum absolute atomic E-state index is 0.0863. The molecule has 208 valence electrons. The molecule has 9 heteroatoms. The number of alkyl halides is 3. The maximum absolute atomic E-state index is 13.4. The summed E-state index contributed by atoms with van der Waals surface area (Å²) in [6.07, 6.45) is -2.72. The number of nitrogens with one attached hydrogen (secondary N) is 2. The van der Waals surface area contributed by atoms with E-state index in [2.05, 4.69) is 15.2 Å². The molecular formula is C31H32F3N5O. The number of imidazole rings is 1. The van der Waals surface area contributed by atoms with Gasteiger partial charge >= 0.3 is 12.2 Å². The van der Waals surface area contributed by atoms with Crippen LogP contribution in [0.1, 0.15) is 35.4 Å². The minimum Gasteiger partial charge on any atom is -0.342 e. The predicted molar refractivity (Wildman–Crippen MR) is 150 cm³/mol. The van der Waals surface area contributed by atoms with Gasteiger partial charge in [0.2, 0.25) is 0 Å². The lowest BCUT2D eigenvalue weighted by atomic mass is 10.0. The van der Waals surface area contributed by atoms with Gasteiger partial charge in [0.25, 0.3) is 0 Å². The van der Waals surface area contributed by atoms with Gasteiger partial charge < -0.3 is 15.2 Å². The Hall–Kier alpha value is -4.11. The van der Waals surface area contributed by atoms with Crippen molar-refractivity contribution in [2.24, 2.45) is 0 Å². The number of aromatic nitrogens is 2. The van der Waals surface area contributed by atoms with Gasteiger partial charge in [0.1, 0.15) is 5.82 Å². The normalized spacial score (nSPS) is 14.7. The van der Waals surface area contributed by atoms with Crippen molar-refractivity contribution in [3.8, 4) is 11.4 Å². The number of carbonyl (C=O) groups is 1. The molecule has 1 aliphatic heterocycles. The first-order chi connectivity index (χ1) is 19.3. The molecule has 0 spiro atoms. The summed E-state index contributed by atoms with van der Waals surface area (Å²) >= 11 is 0. The first kappa shape index (κ1) is 27.5. The SMILES string of the molecule is Cc1[nH]c(-c2ccc(C(F)(F)F)cc2)nc1CN1CCC(N(Cc2ccccc2)C(=O)Nc2ccccc2)CC1. The van der Waals surface area contributed by atoms with Gasteiger partial charge in [-0.05, 0) is 49.6 Å². The minimum atomic E-state index is -4.37. The maximum atomic E-state index is 13.4. The Bertz CT molecular complexity index is 1400. The summed E-state index contributed by atoms with van der Waals surface area (Å²) in [6.45, 7) is 4.69. The Morgan fingerprint density at radius 2 is 1.60 bits per heavy atom. The molecule has 0 atom stereocenters. The highest BCUT2D eigenvalue weighted by Gasteiger charge is 2.31. The molecule has 5 rings (SSSR count). The predicted octanol–water partition coefficient (Wildman–Crippen LogP) is 7.10. The molecule has 0 bridgehead atoms. The van der Waals surface area contributed by atoms with E-state index in [9.17, 15) is 18.0 Å². The topological polar surface area (TPSA) is 64.3 Å². The highest BCUT2D eigenvalue weighted by molar-refractivity contribution is 5.89. The van der Waals surface area contributed by atoms with Gasteiger partial charge in [0.15, 0.2) is 0 Å². The van der Waals surface area contributed by atoms with Crippen LogP contribution in [0.15, 0.2) is 84.9 Å². The second kappa shape index (κ2) is 12.0. The molecule has 1 aliphatic rings. The van der Waals surface area contributed by atoms with Crippen molar-refractivity contribution < 1.29 is 18.0 Å². The first-order valence-corrected chi connectivity index (χ1v) is 13.4. The third kappa shape index (κ3) is 6.71. The third-order valence-corrected chi connectivity index (χ3v) is 7.32. The van der Waals surface area contributed by atoms with E-state index in [4.69, 9.17) is 4.98 Å². The fourth-order valence-corrected chi connectivity index (χ4v) is 5.07. The summed E-state index contributed by atoms with van der Waals surface area (Å²) in [5.41, 5.74) is 3.54. The number of aromatic amines is 1. The van der Waals surface area contributed by atoms with Crippen molar-refractivity contribution in [1.29, 1.82) is 0 Å². The summed E-state index contributed by atoms with van der Waals surface area (Å²) < 4.78 is 38.8. The first-order valence-electron chi connectivity index (χ1n) is 13.4. The summed E-state index contributed by atoms with van der Waals surface area (Å²) in [6, 6.07) is 24.5. The number of piperidine rings is 1. The van der Waals surface area contributed by atoms with Crippen molar-refractivity contribution in [1.82, 2.24) is 19.8 Å². The van der Waals surface area contributed by atoms with Crippen LogP contribution >= 0.6 is 0 Å². The number of aryl methyl sites for hydroxylation is 1.